The molecule has 1 aliphatic carbocycles. The zero-order valence-corrected chi connectivity index (χ0v) is 22.2. The minimum atomic E-state index is 0.0126. The summed E-state index contributed by atoms with van der Waals surface area (Å²) in [5.41, 5.74) is 2.63. The number of rotatable bonds is 9. The summed E-state index contributed by atoms with van der Waals surface area (Å²) in [6.07, 6.45) is 11.1. The van der Waals surface area contributed by atoms with Gasteiger partial charge in [-0.2, -0.15) is 0 Å². The lowest BCUT2D eigenvalue weighted by atomic mass is 9.89. The molecule has 196 valence electrons. The van der Waals surface area contributed by atoms with Crippen LogP contribution < -0.4 is 9.47 Å². The molecule has 6 heteroatoms. The van der Waals surface area contributed by atoms with Gasteiger partial charge in [-0.05, 0) is 74.0 Å². The van der Waals surface area contributed by atoms with Crippen molar-refractivity contribution in [1.82, 2.24) is 14.8 Å². The van der Waals surface area contributed by atoms with E-state index in [-0.39, 0.29) is 5.91 Å². The van der Waals surface area contributed by atoms with Gasteiger partial charge in [0, 0.05) is 42.8 Å². The zero-order valence-electron chi connectivity index (χ0n) is 22.2. The topological polar surface area (TPSA) is 54.9 Å². The minimum Gasteiger partial charge on any atom is -0.493 e. The molecule has 1 aromatic heterocycles. The van der Waals surface area contributed by atoms with Crippen molar-refractivity contribution in [1.29, 1.82) is 0 Å². The van der Waals surface area contributed by atoms with Crippen molar-refractivity contribution in [2.75, 3.05) is 33.9 Å². The number of likely N-dealkylation sites (tertiary alicyclic amines) is 1. The second-order valence-corrected chi connectivity index (χ2v) is 10.6. The van der Waals surface area contributed by atoms with E-state index in [2.05, 4.69) is 22.0 Å². The fourth-order valence-electron chi connectivity index (χ4n) is 6.09. The summed E-state index contributed by atoms with van der Waals surface area (Å²) in [6, 6.07) is 16.1. The van der Waals surface area contributed by atoms with E-state index in [0.717, 1.165) is 35.3 Å². The van der Waals surface area contributed by atoms with E-state index < -0.39 is 0 Å². The standard InChI is InChI=1S/C31H39N3O3/c1-36-29-15-14-26(18-30(29)37-2)31(35)34(21-24-17-25-11-6-7-13-28(25)32-19-24)22-27-12-8-16-33(27)20-23-9-4-3-5-10-23/h6-7,11,13-15,17-19,23,27H,3-5,8-10,12,16,20-22H2,1-2H3/t27-/m0/s1. The molecule has 2 heterocycles. The highest BCUT2D eigenvalue weighted by Crippen LogP contribution is 2.30. The summed E-state index contributed by atoms with van der Waals surface area (Å²) < 4.78 is 10.9. The quantitative estimate of drug-likeness (QED) is 0.363. The monoisotopic (exact) mass is 501 g/mol. The maximum absolute atomic E-state index is 14.0. The van der Waals surface area contributed by atoms with Crippen molar-refractivity contribution >= 4 is 16.8 Å². The molecule has 1 amide bonds. The largest absolute Gasteiger partial charge is 0.493 e. The molecule has 0 N–H and O–H groups in total. The Labute approximate surface area is 220 Å². The molecule has 1 saturated heterocycles. The SMILES string of the molecule is COc1ccc(C(=O)N(Cc2cnc3ccccc3c2)C[C@@H]2CCCN2CC2CCCCC2)cc1OC. The Morgan fingerprint density at radius 3 is 2.59 bits per heavy atom. The number of hydrogen-bond acceptors (Lipinski definition) is 5. The molecule has 2 aliphatic rings. The van der Waals surface area contributed by atoms with Crippen molar-refractivity contribution in [2.45, 2.75) is 57.5 Å². The zero-order chi connectivity index (χ0) is 25.6. The van der Waals surface area contributed by atoms with Gasteiger partial charge in [-0.3, -0.25) is 14.7 Å². The summed E-state index contributed by atoms with van der Waals surface area (Å²) >= 11 is 0. The van der Waals surface area contributed by atoms with Crippen LogP contribution in [0.4, 0.5) is 0 Å². The summed E-state index contributed by atoms with van der Waals surface area (Å²) in [4.78, 5) is 23.3. The molecule has 5 rings (SSSR count). The number of methoxy groups -OCH3 is 2. The number of carbonyl (C=O) groups excluding carboxylic acids is 1. The fraction of sp³-hybridized carbons (Fsp3) is 0.484. The number of fused-ring (bicyclic) bond motifs is 1. The fourth-order valence-corrected chi connectivity index (χ4v) is 6.09. The summed E-state index contributed by atoms with van der Waals surface area (Å²) in [5, 5.41) is 1.10. The number of carbonyl (C=O) groups is 1. The lowest BCUT2D eigenvalue weighted by Gasteiger charge is -2.34. The highest BCUT2D eigenvalue weighted by atomic mass is 16.5. The summed E-state index contributed by atoms with van der Waals surface area (Å²) in [5.74, 6) is 2.01. The molecule has 1 atom stereocenters. The molecule has 3 aromatic rings. The van der Waals surface area contributed by atoms with E-state index >= 15 is 0 Å². The van der Waals surface area contributed by atoms with Gasteiger partial charge in [0.1, 0.15) is 0 Å². The average molecular weight is 502 g/mol. The van der Waals surface area contributed by atoms with E-state index in [4.69, 9.17) is 9.47 Å². The Hall–Kier alpha value is -3.12. The first-order valence-corrected chi connectivity index (χ1v) is 13.7. The van der Waals surface area contributed by atoms with Crippen LogP contribution in [-0.4, -0.2) is 60.6 Å². The molecule has 1 aliphatic heterocycles. The van der Waals surface area contributed by atoms with Gasteiger partial charge < -0.3 is 14.4 Å². The van der Waals surface area contributed by atoms with E-state index in [1.165, 1.54) is 45.1 Å². The molecule has 0 spiro atoms. The molecular formula is C31H39N3O3. The molecule has 6 nitrogen and oxygen atoms in total. The normalized spacial score (nSPS) is 18.7. The van der Waals surface area contributed by atoms with Crippen molar-refractivity contribution in [2.24, 2.45) is 5.92 Å². The molecule has 0 unspecified atom stereocenters. The second-order valence-electron chi connectivity index (χ2n) is 10.6. The van der Waals surface area contributed by atoms with E-state index in [9.17, 15) is 4.79 Å². The summed E-state index contributed by atoms with van der Waals surface area (Å²) in [7, 11) is 3.21. The molecule has 1 saturated carbocycles. The number of nitrogens with zero attached hydrogens (tertiary/aromatic N) is 3. The molecular weight excluding hydrogens is 462 g/mol. The number of pyridine rings is 1. The molecule has 2 aromatic carbocycles. The Bertz CT molecular complexity index is 1210. The van der Waals surface area contributed by atoms with Gasteiger partial charge in [0.2, 0.25) is 0 Å². The molecule has 37 heavy (non-hydrogen) atoms. The van der Waals surface area contributed by atoms with Gasteiger partial charge >= 0.3 is 0 Å². The van der Waals surface area contributed by atoms with Gasteiger partial charge in [-0.15, -0.1) is 0 Å². The number of benzene rings is 2. The first-order valence-electron chi connectivity index (χ1n) is 13.7. The van der Waals surface area contributed by atoms with Crippen LogP contribution in [0.3, 0.4) is 0 Å². The molecule has 0 bridgehead atoms. The van der Waals surface area contributed by atoms with Gasteiger partial charge in [0.15, 0.2) is 11.5 Å². The minimum absolute atomic E-state index is 0.0126. The van der Waals surface area contributed by atoms with Crippen LogP contribution in [0, 0.1) is 5.92 Å². The van der Waals surface area contributed by atoms with Crippen molar-refractivity contribution in [3.63, 3.8) is 0 Å². The Balaban J connectivity index is 1.39. The number of amides is 1. The number of ether oxygens (including phenoxy) is 2. The van der Waals surface area contributed by atoms with Crippen molar-refractivity contribution in [3.05, 3.63) is 65.9 Å². The van der Waals surface area contributed by atoms with Crippen molar-refractivity contribution < 1.29 is 14.3 Å². The van der Waals surface area contributed by atoms with Crippen LogP contribution in [-0.2, 0) is 6.54 Å². The van der Waals surface area contributed by atoms with Crippen LogP contribution in [0.25, 0.3) is 10.9 Å². The van der Waals surface area contributed by atoms with Gasteiger partial charge in [-0.25, -0.2) is 0 Å². The van der Waals surface area contributed by atoms with E-state index in [1.807, 2.05) is 41.4 Å². The predicted molar refractivity (Wildman–Crippen MR) is 147 cm³/mol. The number of hydrogen-bond donors (Lipinski definition) is 0. The third-order valence-corrected chi connectivity index (χ3v) is 8.09. The lowest BCUT2D eigenvalue weighted by Crippen LogP contribution is -2.44. The molecule has 2 fully saturated rings. The van der Waals surface area contributed by atoms with Gasteiger partial charge in [0.05, 0.1) is 19.7 Å². The number of aromatic nitrogens is 1. The van der Waals surface area contributed by atoms with Crippen molar-refractivity contribution in [3.8, 4) is 11.5 Å². The number of para-hydroxylation sites is 1. The predicted octanol–water partition coefficient (Wildman–Crippen LogP) is 5.94. The second kappa shape index (κ2) is 12.0. The Kier molecular flexibility index (Phi) is 8.24. The van der Waals surface area contributed by atoms with Crippen LogP contribution >= 0.6 is 0 Å². The third-order valence-electron chi connectivity index (χ3n) is 8.09. The highest BCUT2D eigenvalue weighted by molar-refractivity contribution is 5.95. The van der Waals surface area contributed by atoms with Crippen LogP contribution in [0.15, 0.2) is 54.7 Å². The highest BCUT2D eigenvalue weighted by Gasteiger charge is 2.31. The van der Waals surface area contributed by atoms with Crippen LogP contribution in [0.1, 0.15) is 60.9 Å². The first kappa shape index (κ1) is 25.5. The van der Waals surface area contributed by atoms with Crippen LogP contribution in [0.2, 0.25) is 0 Å². The van der Waals surface area contributed by atoms with E-state index in [0.29, 0.717) is 36.2 Å². The Morgan fingerprint density at radius 2 is 1.78 bits per heavy atom. The van der Waals surface area contributed by atoms with E-state index in [1.54, 1.807) is 20.3 Å². The molecule has 0 radical (unpaired) electrons. The maximum atomic E-state index is 14.0. The third kappa shape index (κ3) is 6.07. The summed E-state index contributed by atoms with van der Waals surface area (Å²) in [6.45, 7) is 3.54. The lowest BCUT2D eigenvalue weighted by molar-refractivity contribution is 0.0675. The average Bonchev–Trinajstić information content (AvgIpc) is 3.38. The van der Waals surface area contributed by atoms with Gasteiger partial charge in [-0.1, -0.05) is 37.5 Å². The first-order chi connectivity index (χ1) is 18.1. The smallest absolute Gasteiger partial charge is 0.254 e. The Morgan fingerprint density at radius 1 is 0.973 bits per heavy atom. The maximum Gasteiger partial charge on any atom is 0.254 e. The van der Waals surface area contributed by atoms with Crippen LogP contribution in [0.5, 0.6) is 11.5 Å². The van der Waals surface area contributed by atoms with Gasteiger partial charge in [0.25, 0.3) is 5.91 Å².